The van der Waals surface area contributed by atoms with E-state index in [4.69, 9.17) is 5.73 Å². The fourth-order valence-electron chi connectivity index (χ4n) is 1.84. The van der Waals surface area contributed by atoms with Crippen LogP contribution in [0.1, 0.15) is 17.3 Å². The molecule has 1 aromatic heterocycles. The van der Waals surface area contributed by atoms with Crippen LogP contribution < -0.4 is 11.1 Å². The third-order valence-corrected chi connectivity index (χ3v) is 2.98. The number of amides is 1. The number of rotatable bonds is 5. The Labute approximate surface area is 111 Å². The molecule has 0 fully saturated rings. The molecule has 3 N–H and O–H groups in total. The van der Waals surface area contributed by atoms with E-state index in [1.165, 1.54) is 0 Å². The monoisotopic (exact) mass is 259 g/mol. The molecule has 6 heteroatoms. The number of aryl methyl sites for hydroxylation is 1. The lowest BCUT2D eigenvalue weighted by atomic mass is 9.98. The van der Waals surface area contributed by atoms with Gasteiger partial charge in [-0.3, -0.25) is 4.79 Å². The van der Waals surface area contributed by atoms with Crippen molar-refractivity contribution in [2.24, 2.45) is 12.8 Å². The van der Waals surface area contributed by atoms with Crippen molar-refractivity contribution in [2.75, 3.05) is 6.54 Å². The van der Waals surface area contributed by atoms with E-state index in [1.54, 1.807) is 10.9 Å². The van der Waals surface area contributed by atoms with Crippen LogP contribution in [-0.4, -0.2) is 27.2 Å². The predicted octanol–water partition coefficient (Wildman–Crippen LogP) is 0.174. The van der Waals surface area contributed by atoms with Gasteiger partial charge in [0.2, 0.25) is 5.91 Å². The van der Waals surface area contributed by atoms with Crippen molar-refractivity contribution >= 4 is 5.91 Å². The minimum Gasteiger partial charge on any atom is -0.348 e. The molecule has 0 unspecified atom stereocenters. The molecule has 1 atom stereocenters. The molecule has 0 aliphatic rings. The summed E-state index contributed by atoms with van der Waals surface area (Å²) in [6.07, 6.45) is 1.60. The van der Waals surface area contributed by atoms with E-state index in [0.29, 0.717) is 12.4 Å². The van der Waals surface area contributed by atoms with Crippen LogP contribution in [0.5, 0.6) is 0 Å². The molecule has 0 aliphatic heterocycles. The molecule has 19 heavy (non-hydrogen) atoms. The van der Waals surface area contributed by atoms with Crippen LogP contribution in [0.2, 0.25) is 0 Å². The topological polar surface area (TPSA) is 85.8 Å². The molecule has 1 heterocycles. The second-order valence-electron chi connectivity index (χ2n) is 4.27. The van der Waals surface area contributed by atoms with Crippen LogP contribution in [0.4, 0.5) is 0 Å². The number of carbonyl (C=O) groups is 1. The van der Waals surface area contributed by atoms with Gasteiger partial charge in [0.15, 0.2) is 5.82 Å². The summed E-state index contributed by atoms with van der Waals surface area (Å²) in [7, 11) is 1.83. The molecule has 1 amide bonds. The number of hydrogen-bond donors (Lipinski definition) is 2. The van der Waals surface area contributed by atoms with Gasteiger partial charge in [-0.15, -0.1) is 10.2 Å². The number of hydrogen-bond acceptors (Lipinski definition) is 4. The largest absolute Gasteiger partial charge is 0.348 e. The first kappa shape index (κ1) is 13.2. The molecule has 1 aromatic carbocycles. The molecule has 0 saturated heterocycles. The van der Waals surface area contributed by atoms with Gasteiger partial charge in [0.25, 0.3) is 0 Å². The fraction of sp³-hybridized carbons (Fsp3) is 0.308. The van der Waals surface area contributed by atoms with Gasteiger partial charge in [0.05, 0.1) is 12.5 Å². The average molecular weight is 259 g/mol. The van der Waals surface area contributed by atoms with E-state index in [0.717, 1.165) is 5.56 Å². The van der Waals surface area contributed by atoms with E-state index in [1.807, 2.05) is 37.4 Å². The zero-order valence-electron chi connectivity index (χ0n) is 10.8. The van der Waals surface area contributed by atoms with E-state index < -0.39 is 0 Å². The molecular weight excluding hydrogens is 242 g/mol. The van der Waals surface area contributed by atoms with Gasteiger partial charge in [-0.25, -0.2) is 0 Å². The number of nitrogens with zero attached hydrogens (tertiary/aromatic N) is 3. The third kappa shape index (κ3) is 3.17. The van der Waals surface area contributed by atoms with Crippen LogP contribution >= 0.6 is 0 Å². The Kier molecular flexibility index (Phi) is 4.25. The van der Waals surface area contributed by atoms with Crippen molar-refractivity contribution < 1.29 is 4.79 Å². The molecule has 6 nitrogen and oxygen atoms in total. The van der Waals surface area contributed by atoms with Gasteiger partial charge < -0.3 is 15.6 Å². The first-order valence-electron chi connectivity index (χ1n) is 6.08. The zero-order valence-corrected chi connectivity index (χ0v) is 10.8. The van der Waals surface area contributed by atoms with Crippen molar-refractivity contribution in [1.29, 1.82) is 0 Å². The van der Waals surface area contributed by atoms with Crippen LogP contribution in [-0.2, 0) is 18.4 Å². The van der Waals surface area contributed by atoms with Crippen LogP contribution in [0.3, 0.4) is 0 Å². The van der Waals surface area contributed by atoms with Gasteiger partial charge in [0.1, 0.15) is 6.33 Å². The average Bonchev–Trinajstić information content (AvgIpc) is 2.84. The normalized spacial score (nSPS) is 12.1. The summed E-state index contributed by atoms with van der Waals surface area (Å²) in [5.74, 6) is 0.267. The number of nitrogens with two attached hydrogens (primary N) is 1. The van der Waals surface area contributed by atoms with Crippen molar-refractivity contribution in [3.05, 3.63) is 48.0 Å². The predicted molar refractivity (Wildman–Crippen MR) is 71.1 cm³/mol. The number of carbonyl (C=O) groups excluding carboxylic acids is 1. The first-order valence-corrected chi connectivity index (χ1v) is 6.08. The van der Waals surface area contributed by atoms with Gasteiger partial charge in [-0.1, -0.05) is 30.3 Å². The second kappa shape index (κ2) is 6.10. The Bertz CT molecular complexity index is 537. The lowest BCUT2D eigenvalue weighted by Crippen LogP contribution is -2.33. The number of benzene rings is 1. The van der Waals surface area contributed by atoms with E-state index in [9.17, 15) is 4.79 Å². The highest BCUT2D eigenvalue weighted by Crippen LogP contribution is 2.14. The summed E-state index contributed by atoms with van der Waals surface area (Å²) in [6, 6.07) is 9.51. The third-order valence-electron chi connectivity index (χ3n) is 2.98. The zero-order chi connectivity index (χ0) is 13.7. The summed E-state index contributed by atoms with van der Waals surface area (Å²) in [5.41, 5.74) is 6.61. The summed E-state index contributed by atoms with van der Waals surface area (Å²) >= 11 is 0. The Balaban J connectivity index is 2.00. The number of nitrogens with one attached hydrogen (secondary N) is 1. The van der Waals surface area contributed by atoms with Crippen LogP contribution in [0.15, 0.2) is 36.7 Å². The van der Waals surface area contributed by atoms with Gasteiger partial charge in [-0.05, 0) is 5.56 Å². The smallest absolute Gasteiger partial charge is 0.229 e. The van der Waals surface area contributed by atoms with E-state index in [-0.39, 0.29) is 18.4 Å². The lowest BCUT2D eigenvalue weighted by Gasteiger charge is -2.14. The molecule has 0 spiro atoms. The van der Waals surface area contributed by atoms with Crippen molar-refractivity contribution in [1.82, 2.24) is 20.1 Å². The van der Waals surface area contributed by atoms with E-state index in [2.05, 4.69) is 15.5 Å². The minimum absolute atomic E-state index is 0.100. The molecule has 100 valence electrons. The fourth-order valence-corrected chi connectivity index (χ4v) is 1.84. The number of aromatic nitrogens is 3. The van der Waals surface area contributed by atoms with Crippen LogP contribution in [0, 0.1) is 0 Å². The second-order valence-corrected chi connectivity index (χ2v) is 4.27. The quantitative estimate of drug-likeness (QED) is 0.801. The van der Waals surface area contributed by atoms with E-state index >= 15 is 0 Å². The molecule has 0 saturated carbocycles. The Hall–Kier alpha value is -2.21. The highest BCUT2D eigenvalue weighted by Gasteiger charge is 2.18. The summed E-state index contributed by atoms with van der Waals surface area (Å²) < 4.78 is 1.76. The highest BCUT2D eigenvalue weighted by molar-refractivity contribution is 5.83. The highest BCUT2D eigenvalue weighted by atomic mass is 16.1. The Morgan fingerprint density at radius 1 is 1.42 bits per heavy atom. The summed E-state index contributed by atoms with van der Waals surface area (Å²) in [4.78, 5) is 12.1. The Morgan fingerprint density at radius 2 is 2.16 bits per heavy atom. The van der Waals surface area contributed by atoms with Crippen molar-refractivity contribution in [3.8, 4) is 0 Å². The van der Waals surface area contributed by atoms with Crippen molar-refractivity contribution in [3.63, 3.8) is 0 Å². The lowest BCUT2D eigenvalue weighted by molar-refractivity contribution is -0.122. The Morgan fingerprint density at radius 3 is 2.74 bits per heavy atom. The van der Waals surface area contributed by atoms with Gasteiger partial charge in [-0.2, -0.15) is 0 Å². The van der Waals surface area contributed by atoms with Gasteiger partial charge in [0, 0.05) is 13.6 Å². The minimum atomic E-state index is -0.338. The molecule has 0 radical (unpaired) electrons. The summed E-state index contributed by atoms with van der Waals surface area (Å²) in [5, 5.41) is 10.5. The van der Waals surface area contributed by atoms with Crippen molar-refractivity contribution in [2.45, 2.75) is 12.5 Å². The molecule has 0 bridgehead atoms. The molecule has 0 aliphatic carbocycles. The molecule has 2 aromatic rings. The first-order chi connectivity index (χ1) is 9.22. The van der Waals surface area contributed by atoms with Crippen LogP contribution in [0.25, 0.3) is 0 Å². The molecular formula is C13H17N5O. The van der Waals surface area contributed by atoms with Gasteiger partial charge >= 0.3 is 0 Å². The summed E-state index contributed by atoms with van der Waals surface area (Å²) in [6.45, 7) is 0.618. The standard InChI is InChI=1S/C13H17N5O/c1-18-9-16-17-12(18)8-15-13(19)11(7-14)10-5-3-2-4-6-10/h2-6,9,11H,7-8,14H2,1H3,(H,15,19)/t11-/m1/s1. The SMILES string of the molecule is Cn1cnnc1CNC(=O)[C@H](CN)c1ccccc1. The maximum Gasteiger partial charge on any atom is 0.229 e. The molecule has 2 rings (SSSR count). The maximum atomic E-state index is 12.1. The maximum absolute atomic E-state index is 12.1.